The van der Waals surface area contributed by atoms with Crippen molar-refractivity contribution in [2.45, 2.75) is 51.9 Å². The number of primary amides is 1. The second-order valence-electron chi connectivity index (χ2n) is 9.71. The molecule has 2 aromatic heterocycles. The first-order valence-corrected chi connectivity index (χ1v) is 11.8. The molecule has 0 aliphatic carbocycles. The van der Waals surface area contributed by atoms with Crippen molar-refractivity contribution >= 4 is 17.9 Å². The van der Waals surface area contributed by atoms with E-state index < -0.39 is 30.0 Å². The van der Waals surface area contributed by atoms with Crippen molar-refractivity contribution in [1.29, 1.82) is 0 Å². The largest absolute Gasteiger partial charge is 0.496 e. The van der Waals surface area contributed by atoms with Crippen LogP contribution in [0.25, 0.3) is 28.7 Å². The number of nitrogens with one attached hydrogen (secondary N) is 1. The van der Waals surface area contributed by atoms with Crippen molar-refractivity contribution in [2.24, 2.45) is 12.8 Å². The molecule has 0 saturated carbocycles. The molecule has 1 aromatic carbocycles. The van der Waals surface area contributed by atoms with Crippen LogP contribution in [0.15, 0.2) is 23.8 Å². The molecule has 2 amide bonds. The van der Waals surface area contributed by atoms with Gasteiger partial charge in [0.2, 0.25) is 11.7 Å². The molecule has 0 bridgehead atoms. The van der Waals surface area contributed by atoms with Gasteiger partial charge in [0, 0.05) is 17.7 Å². The number of aryl methyl sites for hydroxylation is 2. The van der Waals surface area contributed by atoms with Crippen LogP contribution in [-0.2, 0) is 24.8 Å². The quantitative estimate of drug-likeness (QED) is 0.481. The van der Waals surface area contributed by atoms with Gasteiger partial charge in [0.1, 0.15) is 17.0 Å². The third kappa shape index (κ3) is 5.13. The number of fused-ring (bicyclic) bond motifs is 3. The van der Waals surface area contributed by atoms with Gasteiger partial charge in [-0.25, -0.2) is 0 Å². The Bertz CT molecular complexity index is 1450. The molecule has 0 fully saturated rings. The number of tetrazole rings is 1. The van der Waals surface area contributed by atoms with Crippen LogP contribution in [0.2, 0.25) is 0 Å². The maximum Gasteiger partial charge on any atom is 0.391 e. The number of aromatic nitrogens is 5. The number of alkyl halides is 3. The van der Waals surface area contributed by atoms with Crippen LogP contribution in [0, 0.1) is 0 Å². The van der Waals surface area contributed by atoms with Gasteiger partial charge >= 0.3 is 6.18 Å². The molecule has 0 unspecified atom stereocenters. The van der Waals surface area contributed by atoms with Crippen LogP contribution in [-0.4, -0.2) is 55.4 Å². The number of carbonyl (C=O) groups excluding carboxylic acids is 2. The van der Waals surface area contributed by atoms with Crippen molar-refractivity contribution in [2.75, 3.05) is 7.11 Å². The van der Waals surface area contributed by atoms with Crippen molar-refractivity contribution in [3.63, 3.8) is 0 Å². The van der Waals surface area contributed by atoms with E-state index >= 15 is 0 Å². The summed E-state index contributed by atoms with van der Waals surface area (Å²) in [4.78, 5) is 26.6. The molecular formula is C25H28F3N7O3. The van der Waals surface area contributed by atoms with Crippen molar-refractivity contribution in [1.82, 2.24) is 30.1 Å². The van der Waals surface area contributed by atoms with Gasteiger partial charge in [-0.3, -0.25) is 9.59 Å². The Balaban J connectivity index is 1.86. The smallest absolute Gasteiger partial charge is 0.391 e. The summed E-state index contributed by atoms with van der Waals surface area (Å²) < 4.78 is 46.9. The lowest BCUT2D eigenvalue weighted by Gasteiger charge is -2.29. The van der Waals surface area contributed by atoms with Crippen LogP contribution >= 0.6 is 0 Å². The molecule has 3 heterocycles. The number of allylic oxidation sites excluding steroid dienone is 1. The number of hydrogen-bond donors (Lipinski definition) is 2. The minimum Gasteiger partial charge on any atom is -0.496 e. The van der Waals surface area contributed by atoms with Gasteiger partial charge < -0.3 is 20.4 Å². The summed E-state index contributed by atoms with van der Waals surface area (Å²) in [6, 6.07) is 5.35. The van der Waals surface area contributed by atoms with Crippen LogP contribution in [0.4, 0.5) is 13.2 Å². The van der Waals surface area contributed by atoms with E-state index in [0.717, 1.165) is 23.6 Å². The fourth-order valence-electron chi connectivity index (χ4n) is 4.64. The minimum atomic E-state index is -4.72. The molecule has 3 N–H and O–H groups in total. The summed E-state index contributed by atoms with van der Waals surface area (Å²) in [5, 5.41) is 14.5. The van der Waals surface area contributed by atoms with E-state index in [1.807, 2.05) is 32.1 Å². The summed E-state index contributed by atoms with van der Waals surface area (Å²) in [5.41, 5.74) is 7.74. The van der Waals surface area contributed by atoms with Crippen LogP contribution in [0.3, 0.4) is 0 Å². The molecule has 0 saturated heterocycles. The van der Waals surface area contributed by atoms with Crippen LogP contribution in [0.1, 0.15) is 48.8 Å². The average molecular weight is 532 g/mol. The number of nitrogens with zero attached hydrogens (tertiary/aromatic N) is 5. The third-order valence-electron chi connectivity index (χ3n) is 6.32. The highest BCUT2D eigenvalue weighted by Crippen LogP contribution is 2.41. The summed E-state index contributed by atoms with van der Waals surface area (Å²) in [6.07, 6.45) is -3.91. The Morgan fingerprint density at radius 1 is 1.21 bits per heavy atom. The SMILES string of the molecule is COc1cc2c(cc1-c1nnn(C)n1)-c1c(C=C(C)C)cc(C(=O)N[C@@](C)(CC(F)(F)F)C(N)=O)n1CC2. The van der Waals surface area contributed by atoms with Gasteiger partial charge in [-0.1, -0.05) is 11.6 Å². The Labute approximate surface area is 216 Å². The first-order valence-electron chi connectivity index (χ1n) is 11.8. The minimum absolute atomic E-state index is 0.114. The predicted molar refractivity (Wildman–Crippen MR) is 133 cm³/mol. The molecule has 13 heteroatoms. The van der Waals surface area contributed by atoms with Crippen LogP contribution < -0.4 is 15.8 Å². The first-order chi connectivity index (χ1) is 17.7. The fourth-order valence-corrected chi connectivity index (χ4v) is 4.64. The van der Waals surface area contributed by atoms with E-state index in [9.17, 15) is 22.8 Å². The number of rotatable bonds is 7. The van der Waals surface area contributed by atoms with Crippen LogP contribution in [0.5, 0.6) is 5.75 Å². The molecule has 1 aliphatic rings. The third-order valence-corrected chi connectivity index (χ3v) is 6.32. The molecule has 4 rings (SSSR count). The number of halogens is 3. The van der Waals surface area contributed by atoms with Gasteiger partial charge in [0.15, 0.2) is 0 Å². The molecular weight excluding hydrogens is 503 g/mol. The standard InChI is InChI=1S/C25H28F3N7O3/c1-13(2)8-15-9-18(22(36)30-24(3,23(29)37)12-25(26,27)28)35-7-6-14-10-19(38-5)17(11-16(14)20(15)35)21-31-33-34(4)32-21/h8-11H,6-7,12H2,1-5H3,(H2,29,37)(H,30,36)/t24-/m0/s1. The first kappa shape index (κ1) is 26.9. The maximum absolute atomic E-state index is 13.3. The molecule has 10 nitrogen and oxygen atoms in total. The normalized spacial score (nSPS) is 14.2. The Morgan fingerprint density at radius 2 is 1.92 bits per heavy atom. The molecule has 38 heavy (non-hydrogen) atoms. The zero-order valence-electron chi connectivity index (χ0n) is 21.6. The highest BCUT2D eigenvalue weighted by atomic mass is 19.4. The molecule has 3 aromatic rings. The molecule has 202 valence electrons. The fraction of sp³-hybridized carbons (Fsp3) is 0.400. The number of methoxy groups -OCH3 is 1. The monoisotopic (exact) mass is 531 g/mol. The average Bonchev–Trinajstić information content (AvgIpc) is 3.40. The van der Waals surface area contributed by atoms with E-state index in [0.29, 0.717) is 41.4 Å². The van der Waals surface area contributed by atoms with E-state index in [1.165, 1.54) is 4.80 Å². The van der Waals surface area contributed by atoms with Crippen molar-refractivity contribution in [3.05, 3.63) is 40.6 Å². The predicted octanol–water partition coefficient (Wildman–Crippen LogP) is 3.26. The summed E-state index contributed by atoms with van der Waals surface area (Å²) in [5.74, 6) is -1.21. The highest BCUT2D eigenvalue weighted by molar-refractivity contribution is 6.00. The van der Waals surface area contributed by atoms with Gasteiger partial charge in [-0.05, 0) is 56.2 Å². The summed E-state index contributed by atoms with van der Waals surface area (Å²) in [6.45, 7) is 5.13. The van der Waals surface area contributed by atoms with E-state index in [1.54, 1.807) is 24.8 Å². The Hall–Kier alpha value is -4.16. The number of amides is 2. The lowest BCUT2D eigenvalue weighted by molar-refractivity contribution is -0.156. The van der Waals surface area contributed by atoms with E-state index in [-0.39, 0.29) is 5.69 Å². The molecule has 0 radical (unpaired) electrons. The van der Waals surface area contributed by atoms with Gasteiger partial charge in [-0.2, -0.15) is 18.0 Å². The Kier molecular flexibility index (Phi) is 6.80. The lowest BCUT2D eigenvalue weighted by Crippen LogP contribution is -2.57. The number of nitrogens with two attached hydrogens (primary N) is 1. The topological polar surface area (TPSA) is 130 Å². The van der Waals surface area contributed by atoms with Gasteiger partial charge in [0.05, 0.1) is 31.8 Å². The van der Waals surface area contributed by atoms with E-state index in [4.69, 9.17) is 10.5 Å². The number of ether oxygens (including phenoxy) is 1. The van der Waals surface area contributed by atoms with Crippen molar-refractivity contribution in [3.8, 4) is 28.4 Å². The van der Waals surface area contributed by atoms with E-state index in [2.05, 4.69) is 20.7 Å². The van der Waals surface area contributed by atoms with Gasteiger partial charge in [0.25, 0.3) is 5.91 Å². The molecule has 1 aliphatic heterocycles. The zero-order chi connectivity index (χ0) is 28.0. The highest BCUT2D eigenvalue weighted by Gasteiger charge is 2.45. The second-order valence-corrected chi connectivity index (χ2v) is 9.71. The summed E-state index contributed by atoms with van der Waals surface area (Å²) >= 11 is 0. The zero-order valence-corrected chi connectivity index (χ0v) is 21.6. The number of carbonyl (C=O) groups is 2. The number of benzene rings is 1. The Morgan fingerprint density at radius 3 is 2.47 bits per heavy atom. The maximum atomic E-state index is 13.3. The summed E-state index contributed by atoms with van der Waals surface area (Å²) in [7, 11) is 3.18. The molecule has 0 spiro atoms. The van der Waals surface area contributed by atoms with Gasteiger partial charge in [-0.15, -0.1) is 10.2 Å². The lowest BCUT2D eigenvalue weighted by atomic mass is 9.93. The second kappa shape index (κ2) is 9.62. The molecule has 1 atom stereocenters. The van der Waals surface area contributed by atoms with Crippen molar-refractivity contribution < 1.29 is 27.5 Å². The number of hydrogen-bond acceptors (Lipinski definition) is 6.